The minimum absolute atomic E-state index is 0.0147. The molecule has 0 spiro atoms. The van der Waals surface area contributed by atoms with E-state index in [4.69, 9.17) is 0 Å². The van der Waals surface area contributed by atoms with Gasteiger partial charge in [0.15, 0.2) is 0 Å². The molecule has 0 atom stereocenters. The Labute approximate surface area is 135 Å². The molecule has 2 aromatic heterocycles. The van der Waals surface area contributed by atoms with Gasteiger partial charge in [-0.05, 0) is 51.2 Å². The number of carbonyl (C=O) groups excluding carboxylic acids is 1. The Balaban J connectivity index is 1.77. The lowest BCUT2D eigenvalue weighted by Crippen LogP contribution is -2.15. The molecule has 5 heteroatoms. The highest BCUT2D eigenvalue weighted by atomic mass is 32.1. The lowest BCUT2D eigenvalue weighted by molar-refractivity contribution is 0.102. The standard InChI is InChI=1S/C17H23N3OS/c1-12(2)20-16(9-10-18-20)19-17(21)15-11-13-7-5-3-4-6-8-14(13)22-15/h9-12H,3-8H2,1-2H3,(H,19,21). The second-order valence-electron chi connectivity index (χ2n) is 6.18. The Morgan fingerprint density at radius 3 is 2.82 bits per heavy atom. The van der Waals surface area contributed by atoms with E-state index < -0.39 is 0 Å². The van der Waals surface area contributed by atoms with E-state index in [0.29, 0.717) is 0 Å². The SMILES string of the molecule is CC(C)n1nccc1NC(=O)c1cc2c(s1)CCCCCC2. The van der Waals surface area contributed by atoms with Crippen LogP contribution in [0.4, 0.5) is 5.82 Å². The van der Waals surface area contributed by atoms with E-state index in [1.54, 1.807) is 17.5 Å². The number of hydrogen-bond donors (Lipinski definition) is 1. The number of aromatic nitrogens is 2. The highest BCUT2D eigenvalue weighted by Gasteiger charge is 2.17. The summed E-state index contributed by atoms with van der Waals surface area (Å²) in [6, 6.07) is 4.17. The first-order valence-corrected chi connectivity index (χ1v) is 8.93. The molecule has 0 radical (unpaired) electrons. The van der Waals surface area contributed by atoms with Gasteiger partial charge in [0.2, 0.25) is 0 Å². The number of carbonyl (C=O) groups is 1. The Morgan fingerprint density at radius 2 is 2.05 bits per heavy atom. The second kappa shape index (κ2) is 6.65. The van der Waals surface area contributed by atoms with Crippen LogP contribution in [0.15, 0.2) is 18.3 Å². The van der Waals surface area contributed by atoms with Gasteiger partial charge in [-0.2, -0.15) is 5.10 Å². The van der Waals surface area contributed by atoms with Crippen LogP contribution in [0.2, 0.25) is 0 Å². The van der Waals surface area contributed by atoms with Crippen molar-refractivity contribution in [2.45, 2.75) is 58.4 Å². The van der Waals surface area contributed by atoms with Crippen LogP contribution in [-0.4, -0.2) is 15.7 Å². The number of rotatable bonds is 3. The molecule has 2 heterocycles. The summed E-state index contributed by atoms with van der Waals surface area (Å²) in [7, 11) is 0. The summed E-state index contributed by atoms with van der Waals surface area (Å²) >= 11 is 1.66. The molecule has 0 aromatic carbocycles. The fraction of sp³-hybridized carbons (Fsp3) is 0.529. The van der Waals surface area contributed by atoms with E-state index in [9.17, 15) is 4.79 Å². The highest BCUT2D eigenvalue weighted by Crippen LogP contribution is 2.29. The fourth-order valence-corrected chi connectivity index (χ4v) is 4.11. The zero-order valence-corrected chi connectivity index (χ0v) is 14.1. The number of nitrogens with one attached hydrogen (secondary N) is 1. The summed E-state index contributed by atoms with van der Waals surface area (Å²) in [5, 5.41) is 7.26. The largest absolute Gasteiger partial charge is 0.306 e. The van der Waals surface area contributed by atoms with Crippen molar-refractivity contribution in [3.05, 3.63) is 33.6 Å². The zero-order chi connectivity index (χ0) is 15.5. The van der Waals surface area contributed by atoms with Gasteiger partial charge in [-0.3, -0.25) is 4.79 Å². The summed E-state index contributed by atoms with van der Waals surface area (Å²) in [4.78, 5) is 14.8. The van der Waals surface area contributed by atoms with Gasteiger partial charge in [-0.1, -0.05) is 12.8 Å². The maximum Gasteiger partial charge on any atom is 0.266 e. The number of anilines is 1. The van der Waals surface area contributed by atoms with Crippen LogP contribution in [0.25, 0.3) is 0 Å². The molecule has 3 rings (SSSR count). The summed E-state index contributed by atoms with van der Waals surface area (Å²) in [5.74, 6) is 0.750. The van der Waals surface area contributed by atoms with E-state index in [0.717, 1.165) is 23.5 Å². The third-order valence-electron chi connectivity index (χ3n) is 4.12. The minimum atomic E-state index is -0.0147. The third-order valence-corrected chi connectivity index (χ3v) is 5.36. The molecule has 0 unspecified atom stereocenters. The zero-order valence-electron chi connectivity index (χ0n) is 13.3. The molecule has 0 aliphatic heterocycles. The molecule has 0 saturated carbocycles. The van der Waals surface area contributed by atoms with Gasteiger partial charge in [-0.15, -0.1) is 11.3 Å². The lowest BCUT2D eigenvalue weighted by Gasteiger charge is -2.11. The van der Waals surface area contributed by atoms with Crippen LogP contribution in [0.5, 0.6) is 0 Å². The van der Waals surface area contributed by atoms with E-state index in [1.165, 1.54) is 36.1 Å². The van der Waals surface area contributed by atoms with Gasteiger partial charge in [0.1, 0.15) is 5.82 Å². The van der Waals surface area contributed by atoms with Crippen molar-refractivity contribution in [1.29, 1.82) is 0 Å². The predicted octanol–water partition coefficient (Wildman–Crippen LogP) is 4.44. The summed E-state index contributed by atoms with van der Waals surface area (Å²) < 4.78 is 1.83. The van der Waals surface area contributed by atoms with E-state index in [-0.39, 0.29) is 11.9 Å². The molecule has 1 amide bonds. The Kier molecular flexibility index (Phi) is 4.62. The molecule has 0 fully saturated rings. The number of fused-ring (bicyclic) bond motifs is 1. The first-order chi connectivity index (χ1) is 10.6. The summed E-state index contributed by atoms with van der Waals surface area (Å²) in [6.45, 7) is 4.11. The van der Waals surface area contributed by atoms with Crippen LogP contribution in [-0.2, 0) is 12.8 Å². The van der Waals surface area contributed by atoms with Crippen LogP contribution in [0.1, 0.15) is 65.7 Å². The van der Waals surface area contributed by atoms with Crippen LogP contribution in [0, 0.1) is 0 Å². The van der Waals surface area contributed by atoms with Gasteiger partial charge in [0, 0.05) is 17.0 Å². The van der Waals surface area contributed by atoms with E-state index in [1.807, 2.05) is 10.7 Å². The van der Waals surface area contributed by atoms with Crippen molar-refractivity contribution < 1.29 is 4.79 Å². The molecule has 118 valence electrons. The van der Waals surface area contributed by atoms with Crippen LogP contribution < -0.4 is 5.32 Å². The maximum absolute atomic E-state index is 12.5. The van der Waals surface area contributed by atoms with E-state index >= 15 is 0 Å². The Hall–Kier alpha value is -1.62. The summed E-state index contributed by atoms with van der Waals surface area (Å²) in [5.41, 5.74) is 1.38. The first-order valence-electron chi connectivity index (χ1n) is 8.11. The molecule has 1 aliphatic rings. The smallest absolute Gasteiger partial charge is 0.266 e. The maximum atomic E-state index is 12.5. The average molecular weight is 317 g/mol. The second-order valence-corrected chi connectivity index (χ2v) is 7.32. The summed E-state index contributed by atoms with van der Waals surface area (Å²) in [6.07, 6.45) is 9.07. The number of hydrogen-bond acceptors (Lipinski definition) is 3. The molecule has 0 bridgehead atoms. The third kappa shape index (κ3) is 3.24. The molecular formula is C17H23N3OS. The fourth-order valence-electron chi connectivity index (χ4n) is 2.96. The van der Waals surface area contributed by atoms with Crippen LogP contribution >= 0.6 is 11.3 Å². The number of nitrogens with zero attached hydrogens (tertiary/aromatic N) is 2. The Morgan fingerprint density at radius 1 is 1.27 bits per heavy atom. The van der Waals surface area contributed by atoms with Crippen molar-refractivity contribution in [3.8, 4) is 0 Å². The van der Waals surface area contributed by atoms with Crippen LogP contribution in [0.3, 0.4) is 0 Å². The van der Waals surface area contributed by atoms with Gasteiger partial charge in [0.25, 0.3) is 5.91 Å². The van der Waals surface area contributed by atoms with Crippen molar-refractivity contribution in [1.82, 2.24) is 9.78 Å². The average Bonchev–Trinajstić information content (AvgIpc) is 3.06. The topological polar surface area (TPSA) is 46.9 Å². The highest BCUT2D eigenvalue weighted by molar-refractivity contribution is 7.14. The molecule has 1 aliphatic carbocycles. The van der Waals surface area contributed by atoms with Crippen molar-refractivity contribution >= 4 is 23.1 Å². The molecule has 2 aromatic rings. The van der Waals surface area contributed by atoms with Crippen molar-refractivity contribution in [3.63, 3.8) is 0 Å². The van der Waals surface area contributed by atoms with Gasteiger partial charge < -0.3 is 5.32 Å². The molecule has 1 N–H and O–H groups in total. The monoisotopic (exact) mass is 317 g/mol. The minimum Gasteiger partial charge on any atom is -0.306 e. The number of amides is 1. The molecule has 4 nitrogen and oxygen atoms in total. The normalized spacial score (nSPS) is 15.2. The molecule has 0 saturated heterocycles. The number of aryl methyl sites for hydroxylation is 2. The van der Waals surface area contributed by atoms with Crippen molar-refractivity contribution in [2.75, 3.05) is 5.32 Å². The Bertz CT molecular complexity index is 631. The molecular weight excluding hydrogens is 294 g/mol. The van der Waals surface area contributed by atoms with Gasteiger partial charge in [-0.25, -0.2) is 4.68 Å². The first kappa shape index (κ1) is 15.3. The predicted molar refractivity (Wildman–Crippen MR) is 90.8 cm³/mol. The van der Waals surface area contributed by atoms with Gasteiger partial charge >= 0.3 is 0 Å². The van der Waals surface area contributed by atoms with Gasteiger partial charge in [0.05, 0.1) is 11.1 Å². The van der Waals surface area contributed by atoms with Crippen molar-refractivity contribution in [2.24, 2.45) is 0 Å². The van der Waals surface area contributed by atoms with E-state index in [2.05, 4.69) is 30.3 Å². The number of thiophene rings is 1. The lowest BCUT2D eigenvalue weighted by atomic mass is 10.00. The molecule has 22 heavy (non-hydrogen) atoms. The quantitative estimate of drug-likeness (QED) is 0.910.